The Morgan fingerprint density at radius 1 is 1.16 bits per heavy atom. The van der Waals surface area contributed by atoms with Gasteiger partial charge in [-0.25, -0.2) is 0 Å². The van der Waals surface area contributed by atoms with Gasteiger partial charge in [0.1, 0.15) is 5.04 Å². The topological polar surface area (TPSA) is 40.6 Å². The molecule has 0 saturated carbocycles. The highest BCUT2D eigenvalue weighted by molar-refractivity contribution is 6.64. The summed E-state index contributed by atoms with van der Waals surface area (Å²) in [5, 5.41) is -0.384. The van der Waals surface area contributed by atoms with Gasteiger partial charge in [0, 0.05) is 27.5 Å². The van der Waals surface area contributed by atoms with Crippen molar-refractivity contribution < 1.29 is 13.3 Å². The van der Waals surface area contributed by atoms with Crippen LogP contribution < -0.4 is 0 Å². The minimum Gasteiger partial charge on any atom is -0.376 e. The van der Waals surface area contributed by atoms with Gasteiger partial charge in [-0.2, -0.15) is 0 Å². The molecule has 0 spiro atoms. The number of allylic oxidation sites excluding steroid dienone is 2. The first-order valence-electron chi connectivity index (χ1n) is 6.49. The molecule has 1 unspecified atom stereocenters. The van der Waals surface area contributed by atoms with Crippen LogP contribution >= 0.6 is 0 Å². The maximum atomic E-state index is 5.74. The van der Waals surface area contributed by atoms with Gasteiger partial charge in [0.15, 0.2) is 0 Å². The number of rotatable bonds is 5. The summed E-state index contributed by atoms with van der Waals surface area (Å²) in [6, 6.07) is 5.93. The third-order valence-electron chi connectivity index (χ3n) is 3.82. The van der Waals surface area contributed by atoms with E-state index in [1.54, 1.807) is 27.5 Å². The van der Waals surface area contributed by atoms with Crippen LogP contribution in [0.2, 0.25) is 0 Å². The van der Waals surface area contributed by atoms with Crippen molar-refractivity contribution in [3.05, 3.63) is 42.2 Å². The number of hydrogen-bond acceptors (Lipinski definition) is 4. The fourth-order valence-corrected chi connectivity index (χ4v) is 5.77. The predicted octanol–water partition coefficient (Wildman–Crippen LogP) is 2.48. The average molecular weight is 279 g/mol. The van der Waals surface area contributed by atoms with Crippen LogP contribution in [0.3, 0.4) is 0 Å². The number of nitrogens with zero attached hydrogens (tertiary/aromatic N) is 1. The van der Waals surface area contributed by atoms with Gasteiger partial charge in [-0.15, -0.1) is 0 Å². The molecule has 0 N–H and O–H groups in total. The van der Waals surface area contributed by atoms with Gasteiger partial charge in [-0.3, -0.25) is 4.98 Å². The molecule has 0 aromatic carbocycles. The fraction of sp³-hybridized carbons (Fsp3) is 0.500. The molecule has 0 aliphatic heterocycles. The lowest BCUT2D eigenvalue weighted by Gasteiger charge is -2.42. The first-order chi connectivity index (χ1) is 9.24. The van der Waals surface area contributed by atoms with E-state index in [1.165, 1.54) is 0 Å². The second-order valence-corrected chi connectivity index (χ2v) is 7.88. The van der Waals surface area contributed by atoms with Gasteiger partial charge in [-0.1, -0.05) is 18.2 Å². The Balaban J connectivity index is 2.58. The van der Waals surface area contributed by atoms with Crippen molar-refractivity contribution in [3.63, 3.8) is 0 Å². The Bertz CT molecular complexity index is 425. The lowest BCUT2D eigenvalue weighted by atomic mass is 9.91. The molecule has 104 valence electrons. The zero-order valence-corrected chi connectivity index (χ0v) is 12.8. The Morgan fingerprint density at radius 3 is 2.37 bits per heavy atom. The quantitative estimate of drug-likeness (QED) is 0.613. The first kappa shape index (κ1) is 14.4. The maximum absolute atomic E-state index is 5.74. The molecular weight excluding hydrogens is 258 g/mol. The molecule has 2 rings (SSSR count). The van der Waals surface area contributed by atoms with Crippen LogP contribution in [0, 0.1) is 0 Å². The normalized spacial score (nSPS) is 23.5. The summed E-state index contributed by atoms with van der Waals surface area (Å²) >= 11 is 0. The molecule has 1 heterocycles. The zero-order valence-electron chi connectivity index (χ0n) is 11.8. The first-order valence-corrected chi connectivity index (χ1v) is 8.22. The van der Waals surface area contributed by atoms with E-state index in [9.17, 15) is 0 Å². The molecule has 1 aromatic rings. The highest BCUT2D eigenvalue weighted by Crippen LogP contribution is 2.42. The molecule has 0 fully saturated rings. The van der Waals surface area contributed by atoms with Crippen molar-refractivity contribution in [2.24, 2.45) is 0 Å². The molecule has 0 amide bonds. The van der Waals surface area contributed by atoms with Crippen LogP contribution in [0.15, 0.2) is 36.5 Å². The Kier molecular flexibility index (Phi) is 4.52. The highest BCUT2D eigenvalue weighted by Gasteiger charge is 2.60. The molecule has 1 aliphatic rings. The number of hydrogen-bond donors (Lipinski definition) is 0. The molecule has 0 radical (unpaired) electrons. The van der Waals surface area contributed by atoms with E-state index >= 15 is 0 Å². The van der Waals surface area contributed by atoms with Crippen LogP contribution in [-0.2, 0) is 18.3 Å². The van der Waals surface area contributed by atoms with Gasteiger partial charge < -0.3 is 13.3 Å². The lowest BCUT2D eigenvalue weighted by Crippen LogP contribution is -2.61. The summed E-state index contributed by atoms with van der Waals surface area (Å²) in [4.78, 5) is 4.53. The zero-order chi connectivity index (χ0) is 13.8. The predicted molar refractivity (Wildman–Crippen MR) is 75.7 cm³/mol. The van der Waals surface area contributed by atoms with Crippen molar-refractivity contribution in [3.8, 4) is 0 Å². The molecule has 5 heteroatoms. The van der Waals surface area contributed by atoms with Crippen molar-refractivity contribution in [1.29, 1.82) is 0 Å². The van der Waals surface area contributed by atoms with Gasteiger partial charge in [0.2, 0.25) is 0 Å². The molecular formula is C14H21NO3Si. The largest absolute Gasteiger partial charge is 0.516 e. The molecule has 4 nitrogen and oxygen atoms in total. The van der Waals surface area contributed by atoms with Crippen molar-refractivity contribution in [2.75, 3.05) is 21.3 Å². The minimum absolute atomic E-state index is 0.384. The van der Waals surface area contributed by atoms with Crippen LogP contribution in [0.25, 0.3) is 0 Å². The number of pyridine rings is 1. The third-order valence-corrected chi connectivity index (χ3v) is 7.20. The van der Waals surface area contributed by atoms with Crippen LogP contribution in [0.5, 0.6) is 0 Å². The van der Waals surface area contributed by atoms with Gasteiger partial charge in [-0.05, 0) is 31.4 Å². The molecule has 1 aliphatic carbocycles. The summed E-state index contributed by atoms with van der Waals surface area (Å²) < 4.78 is 17.2. The molecule has 0 saturated heterocycles. The Labute approximate surface area is 115 Å². The van der Waals surface area contributed by atoms with E-state index in [-0.39, 0.29) is 5.04 Å². The maximum Gasteiger partial charge on any atom is 0.516 e. The summed E-state index contributed by atoms with van der Waals surface area (Å²) in [6.45, 7) is 0. The molecule has 1 aromatic heterocycles. The van der Waals surface area contributed by atoms with E-state index in [1.807, 2.05) is 18.2 Å². The Morgan fingerprint density at radius 2 is 1.89 bits per heavy atom. The van der Waals surface area contributed by atoms with Crippen molar-refractivity contribution >= 4 is 8.80 Å². The number of aromatic nitrogens is 1. The van der Waals surface area contributed by atoms with E-state index in [4.69, 9.17) is 13.3 Å². The van der Waals surface area contributed by atoms with Gasteiger partial charge in [0.05, 0.1) is 5.69 Å². The lowest BCUT2D eigenvalue weighted by molar-refractivity contribution is 0.0950. The van der Waals surface area contributed by atoms with Crippen molar-refractivity contribution in [1.82, 2.24) is 4.98 Å². The smallest absolute Gasteiger partial charge is 0.376 e. The van der Waals surface area contributed by atoms with Gasteiger partial charge >= 0.3 is 8.80 Å². The summed E-state index contributed by atoms with van der Waals surface area (Å²) in [5.74, 6) is 0. The standard InChI is InChI=1S/C14H21NO3Si/c1-16-19(17-2,18-3)14(10-6-4-7-11-14)13-9-5-8-12-15-13/h5-6,8-10,12H,4,7,11H2,1-3H3. The second kappa shape index (κ2) is 5.96. The van der Waals surface area contributed by atoms with E-state index < -0.39 is 8.80 Å². The highest BCUT2D eigenvalue weighted by atomic mass is 28.4. The summed E-state index contributed by atoms with van der Waals surface area (Å²) in [5.41, 5.74) is 0.961. The second-order valence-electron chi connectivity index (χ2n) is 4.65. The molecule has 19 heavy (non-hydrogen) atoms. The summed E-state index contributed by atoms with van der Waals surface area (Å²) in [6.07, 6.45) is 9.24. The van der Waals surface area contributed by atoms with Gasteiger partial charge in [0.25, 0.3) is 0 Å². The summed E-state index contributed by atoms with van der Waals surface area (Å²) in [7, 11) is 2.12. The van der Waals surface area contributed by atoms with E-state index in [2.05, 4.69) is 17.1 Å². The minimum atomic E-state index is -2.86. The van der Waals surface area contributed by atoms with E-state index in [0.29, 0.717) is 0 Å². The molecule has 0 bridgehead atoms. The monoisotopic (exact) mass is 279 g/mol. The van der Waals surface area contributed by atoms with Crippen LogP contribution in [0.1, 0.15) is 25.0 Å². The Hall–Kier alpha value is -1.01. The SMILES string of the molecule is CO[Si](OC)(OC)C1(c2ccccn2)C=CCCC1. The van der Waals surface area contributed by atoms with Crippen LogP contribution in [0.4, 0.5) is 0 Å². The fourth-order valence-electron chi connectivity index (χ4n) is 2.92. The van der Waals surface area contributed by atoms with Crippen molar-refractivity contribution in [2.45, 2.75) is 24.3 Å². The van der Waals surface area contributed by atoms with E-state index in [0.717, 1.165) is 25.0 Å². The third kappa shape index (κ3) is 2.27. The van der Waals surface area contributed by atoms with Crippen LogP contribution in [-0.4, -0.2) is 35.1 Å². The molecule has 1 atom stereocenters. The average Bonchev–Trinajstić information content (AvgIpc) is 2.51.